The smallest absolute Gasteiger partial charge is 0.514 e. The third kappa shape index (κ3) is 35.8. The molecular weight excluding hydrogens is 2110 g/mol. The van der Waals surface area contributed by atoms with Gasteiger partial charge in [0.1, 0.15) is 53.3 Å². The molecule has 0 saturated carbocycles. The van der Waals surface area contributed by atoms with Crippen LogP contribution in [0.3, 0.4) is 0 Å². The predicted molar refractivity (Wildman–Crippen MR) is 502 cm³/mol. The minimum Gasteiger partial charge on any atom is -0.756 e. The second kappa shape index (κ2) is 54.2. The number of aliphatic hydroxyl groups excluding tert-OH is 1. The second-order valence-electron chi connectivity index (χ2n) is 31.2. The minimum absolute atomic E-state index is 0.0319. The Morgan fingerprint density at radius 2 is 0.720 bits per heavy atom. The number of phosphoric acid groups is 6. The van der Waals surface area contributed by atoms with Gasteiger partial charge in [-0.25, -0.2) is 56.1 Å². The van der Waals surface area contributed by atoms with Crippen molar-refractivity contribution < 1.29 is 188 Å². The maximum atomic E-state index is 13.3. The molecule has 3 aromatic heterocycles. The van der Waals surface area contributed by atoms with Crippen LogP contribution >= 0.6 is 46.9 Å². The summed E-state index contributed by atoms with van der Waals surface area (Å²) in [5.41, 5.74) is -2.48. The van der Waals surface area contributed by atoms with E-state index in [2.05, 4.69) is 56.9 Å². The SMILES string of the molecule is CCCCC(=O)Nc1ccn([C@@H]2O[C@H](COP(=O)([O-])OP(=O)([O-])OCCC)[C@H](OC(=O)Oc3ccccc3)C2OC(=O)Oc2ccccc2)c(=O)n1.O=C(Nc1ccccc1)Nc1ccn([C@@H]2O[C@H](COP(=O)([O-])OP(=O)([O-])OCc3ccccc3)[C@H](O)C2OC(=O)Oc2ccccc2)c(=O)n1.O=C(OC1[C@@H](OC(=O)c2ccccc2)[C@@H](COP(=O)([O-])OP(=O)([O-])OCc2ccccc2)O[C@H]1n1ccc(=O)[nH]c1=O)c1ccccc1. The van der Waals surface area contributed by atoms with Crippen molar-refractivity contribution in [3.05, 3.63) is 344 Å². The molecule has 18 atom stereocenters. The lowest BCUT2D eigenvalue weighted by Crippen LogP contribution is -2.43. The maximum absolute atomic E-state index is 13.3. The number of nitrogens with one attached hydrogen (secondary N) is 4. The van der Waals surface area contributed by atoms with Gasteiger partial charge in [0.05, 0.1) is 50.8 Å². The second-order valence-corrected chi connectivity index (χ2v) is 40.1. The van der Waals surface area contributed by atoms with Gasteiger partial charge >= 0.3 is 53.5 Å². The van der Waals surface area contributed by atoms with E-state index in [1.54, 1.807) is 165 Å². The van der Waals surface area contributed by atoms with Crippen molar-refractivity contribution in [3.8, 4) is 17.2 Å². The monoisotopic (exact) mass is 2200 g/mol. The van der Waals surface area contributed by atoms with Gasteiger partial charge in [-0.1, -0.05) is 190 Å². The molecule has 3 amide bonds. The number of nitrogens with zero attached hydrogens (tertiary/aromatic N) is 5. The molecule has 59 heteroatoms. The van der Waals surface area contributed by atoms with Gasteiger partial charge in [0, 0.05) is 36.8 Å². The standard InChI is InChI=1S/C31H37N3O16P2.C30H30N4O14P2.C30H28N2O14P2/c1-3-5-16-25(35)32-24-17-18-34(29(36)33-24)28-27(49-31(38)46-22-14-10-7-11-15-22)26(48-30(37)45-21-12-8-6-9-13-21)23(47-28)20-44-52(41,42)50-51(39,40)43-19-4-2;35-25-23(19-44-50(41,42)48-49(39,40)43-18-20-10-4-1-5-11-20)46-27(26(25)47-30(38)45-22-14-8-3-9-15-22)34-17-16-24(33-29(34)37)32-28(36)31-21-12-6-2-7-13-21;33-24-16-17-32(30(36)31-24)27-26(45-29(35)22-14-8-3-9-15-22)25(44-28(34)21-12-6-2-7-13-21)23(43-27)19-42-48(39,40)46-47(37,38)41-18-20-10-4-1-5-11-20/h6-15,17-18,23,26-28H,3-5,16,19-20H2,1-2H3,(H,39,40)(H,41,42)(H,32,33,35,36);1-17,23,25-27,35H,18-19H2,(H,39,40)(H,41,42)(H2,31,32,33,36,37);1-17,23,25-27H,18-19H2,(H,37,38)(H,39,40)(H,31,33,36)/p-6/t23-,26+,27?,28-;2*23-,25+,26?,27-/m111/s1. The molecule has 0 spiro atoms. The Morgan fingerprint density at radius 3 is 1.14 bits per heavy atom. The number of ether oxygens (including phenoxy) is 11. The fraction of sp³-hybridized carbons (Fsp3) is 0.264. The summed E-state index contributed by atoms with van der Waals surface area (Å²) in [7, 11) is -33.4. The summed E-state index contributed by atoms with van der Waals surface area (Å²) in [6.07, 6.45) is -19.6. The van der Waals surface area contributed by atoms with E-state index in [0.717, 1.165) is 44.8 Å². The van der Waals surface area contributed by atoms with Crippen molar-refractivity contribution in [2.24, 2.45) is 0 Å². The summed E-state index contributed by atoms with van der Waals surface area (Å²) in [6, 6.07) is 65.1. The summed E-state index contributed by atoms with van der Waals surface area (Å²) >= 11 is 0. The Bertz CT molecular complexity index is 6970. The largest absolute Gasteiger partial charge is 0.756 e. The zero-order valence-electron chi connectivity index (χ0n) is 78.0. The Labute approximate surface area is 848 Å². The van der Waals surface area contributed by atoms with E-state index < -0.39 is 219 Å². The number of anilines is 3. The molecule has 5 N–H and O–H groups in total. The topological polar surface area (TPSA) is 726 Å². The third-order valence-corrected chi connectivity index (χ3v) is 27.8. The fourth-order valence-electron chi connectivity index (χ4n) is 13.6. The van der Waals surface area contributed by atoms with Crippen molar-refractivity contribution >= 4 is 107 Å². The van der Waals surface area contributed by atoms with Crippen LogP contribution in [0.2, 0.25) is 0 Å². The Morgan fingerprint density at radius 1 is 0.380 bits per heavy atom. The number of H-pyrrole nitrogens is 1. The number of unbranched alkanes of at least 4 members (excludes halogenated alkanes) is 1. The Balaban J connectivity index is 0.000000200. The number of carbonyl (C=O) groups excluding carboxylic acids is 7. The van der Waals surface area contributed by atoms with Crippen LogP contribution in [0.25, 0.3) is 0 Å². The van der Waals surface area contributed by atoms with Crippen LogP contribution in [0.4, 0.5) is 36.5 Å². The number of carbonyl (C=O) groups is 7. The molecule has 0 radical (unpaired) electrons. The number of benzene rings is 8. The van der Waals surface area contributed by atoms with Crippen molar-refractivity contribution in [2.75, 3.05) is 42.4 Å². The lowest BCUT2D eigenvalue weighted by molar-refractivity contribution is -0.248. The Kier molecular flexibility index (Phi) is 41.5. The number of phosphoric ester groups is 6. The van der Waals surface area contributed by atoms with E-state index in [1.807, 2.05) is 11.9 Å². The van der Waals surface area contributed by atoms with Crippen LogP contribution in [0.1, 0.15) is 90.1 Å². The van der Waals surface area contributed by atoms with E-state index in [0.29, 0.717) is 23.2 Å². The number of amides is 3. The van der Waals surface area contributed by atoms with Gasteiger partial charge < -0.3 is 124 Å². The summed E-state index contributed by atoms with van der Waals surface area (Å²) in [5.74, 6) is -2.43. The van der Waals surface area contributed by atoms with Gasteiger partial charge in [0.15, 0.2) is 49.2 Å². The van der Waals surface area contributed by atoms with Crippen LogP contribution in [0.15, 0.2) is 299 Å². The lowest BCUT2D eigenvalue weighted by atomic mass is 10.1. The lowest BCUT2D eigenvalue weighted by Gasteiger charge is -2.31. The normalized spacial score (nSPS) is 21.0. The average Bonchev–Trinajstić information content (AvgIpc) is 1.63. The quantitative estimate of drug-likeness (QED) is 0.0103. The van der Waals surface area contributed by atoms with E-state index in [-0.39, 0.29) is 59.5 Å². The number of aromatic amines is 1. The van der Waals surface area contributed by atoms with E-state index in [9.17, 15) is 115 Å². The van der Waals surface area contributed by atoms with Crippen LogP contribution in [-0.2, 0) is 123 Å². The number of hydrogen-bond acceptors (Lipinski definition) is 46. The molecule has 3 aliphatic heterocycles. The number of esters is 2. The van der Waals surface area contributed by atoms with E-state index >= 15 is 0 Å². The highest BCUT2D eigenvalue weighted by atomic mass is 31.3. The molecule has 53 nitrogen and oxygen atoms in total. The van der Waals surface area contributed by atoms with Gasteiger partial charge in [-0.2, -0.15) is 9.97 Å². The third-order valence-electron chi connectivity index (χ3n) is 20.3. The van der Waals surface area contributed by atoms with E-state index in [1.165, 1.54) is 97.1 Å². The first-order valence-corrected chi connectivity index (χ1v) is 53.2. The molecule has 798 valence electrons. The molecule has 3 fully saturated rings. The summed E-state index contributed by atoms with van der Waals surface area (Å²) < 4.78 is 177. The zero-order valence-corrected chi connectivity index (χ0v) is 83.3. The number of rotatable bonds is 43. The molecule has 8 aromatic carbocycles. The Hall–Kier alpha value is -13.7. The maximum Gasteiger partial charge on any atom is 0.514 e. The van der Waals surface area contributed by atoms with Crippen LogP contribution < -0.4 is 82.1 Å². The van der Waals surface area contributed by atoms with Crippen molar-refractivity contribution in [1.82, 2.24) is 28.7 Å². The first-order valence-electron chi connectivity index (χ1n) is 44.4. The fourth-order valence-corrected chi connectivity index (χ4v) is 19.6. The number of para-hydroxylation sites is 4. The van der Waals surface area contributed by atoms with E-state index in [4.69, 9.17) is 61.2 Å². The van der Waals surface area contributed by atoms with Crippen molar-refractivity contribution in [3.63, 3.8) is 0 Å². The average molecular weight is 2200 g/mol. The molecule has 3 aliphatic rings. The molecule has 150 heavy (non-hydrogen) atoms. The van der Waals surface area contributed by atoms with Crippen molar-refractivity contribution in [1.29, 1.82) is 0 Å². The highest BCUT2D eigenvalue weighted by Crippen LogP contribution is 2.59. The molecule has 6 heterocycles. The van der Waals surface area contributed by atoms with Crippen LogP contribution in [-0.4, -0.2) is 157 Å². The first-order chi connectivity index (χ1) is 71.6. The number of hydrogen-bond donors (Lipinski definition) is 5. The van der Waals surface area contributed by atoms with Crippen LogP contribution in [0, 0.1) is 0 Å². The first kappa shape index (κ1) is 115. The van der Waals surface area contributed by atoms with Gasteiger partial charge in [-0.05, 0) is 109 Å². The predicted octanol–water partition coefficient (Wildman–Crippen LogP) is 8.82. The molecule has 3 saturated heterocycles. The summed E-state index contributed by atoms with van der Waals surface area (Å²) in [4.78, 5) is 224. The van der Waals surface area contributed by atoms with Gasteiger partial charge in [0.25, 0.3) is 52.5 Å². The van der Waals surface area contributed by atoms with Gasteiger partial charge in [-0.3, -0.25) is 61.0 Å². The highest BCUT2D eigenvalue weighted by Gasteiger charge is 2.55. The molecule has 0 aliphatic carbocycles. The van der Waals surface area contributed by atoms with Gasteiger partial charge in [0.2, 0.25) is 5.91 Å². The highest BCUT2D eigenvalue weighted by molar-refractivity contribution is 7.60. The molecule has 9 unspecified atom stereocenters. The molecule has 14 rings (SSSR count). The molecule has 0 bridgehead atoms. The zero-order chi connectivity index (χ0) is 108. The number of aliphatic hydroxyl groups is 1. The number of urea groups is 1. The van der Waals surface area contributed by atoms with Crippen molar-refractivity contribution in [2.45, 2.75) is 126 Å². The van der Waals surface area contributed by atoms with Gasteiger partial charge in [-0.15, -0.1) is 0 Å². The minimum atomic E-state index is -5.70. The summed E-state index contributed by atoms with van der Waals surface area (Å²) in [6.45, 7) is -1.21. The summed E-state index contributed by atoms with van der Waals surface area (Å²) in [5, 5.41) is 18.4. The molecular formula is C91H89N9O44P6-6. The van der Waals surface area contributed by atoms with Crippen LogP contribution in [0.5, 0.6) is 17.2 Å². The number of aromatic nitrogens is 6. The molecule has 11 aromatic rings.